The van der Waals surface area contributed by atoms with Crippen molar-refractivity contribution in [3.8, 4) is 0 Å². The number of carbonyl (C=O) groups excluding carboxylic acids is 1. The smallest absolute Gasteiger partial charge is 0.373 e. The molecule has 2 aromatic rings. The fourth-order valence-electron chi connectivity index (χ4n) is 4.84. The maximum absolute atomic E-state index is 13.4. The number of likely N-dealkylation sites (tertiary alicyclic amines) is 1. The molecule has 4 rings (SSSR count). The van der Waals surface area contributed by atoms with Crippen LogP contribution in [0.1, 0.15) is 29.5 Å². The van der Waals surface area contributed by atoms with Crippen molar-refractivity contribution in [2.24, 2.45) is 17.8 Å². The van der Waals surface area contributed by atoms with E-state index in [-0.39, 0.29) is 23.1 Å². The van der Waals surface area contributed by atoms with Crippen molar-refractivity contribution in [3.05, 3.63) is 77.4 Å². The van der Waals surface area contributed by atoms with Gasteiger partial charge in [-0.1, -0.05) is 48.6 Å². The molecule has 4 atom stereocenters. The van der Waals surface area contributed by atoms with Crippen molar-refractivity contribution in [2.45, 2.75) is 38.7 Å². The Hall–Kier alpha value is -2.80. The number of amides is 1. The number of rotatable bonds is 5. The number of carbonyl (C=O) groups is 1. The van der Waals surface area contributed by atoms with Gasteiger partial charge >= 0.3 is 6.18 Å². The van der Waals surface area contributed by atoms with E-state index in [1.807, 2.05) is 47.4 Å². The van der Waals surface area contributed by atoms with E-state index in [9.17, 15) is 23.1 Å². The second kappa shape index (κ2) is 8.98. The highest BCUT2D eigenvalue weighted by atomic mass is 19.4. The Balaban J connectivity index is 1.51. The largest absolute Gasteiger partial charge is 0.416 e. The average Bonchev–Trinajstić information content (AvgIpc) is 2.76. The number of alkyl halides is 3. The summed E-state index contributed by atoms with van der Waals surface area (Å²) in [5.41, 5.74) is 0.613. The summed E-state index contributed by atoms with van der Waals surface area (Å²) in [5, 5.41) is 13.7. The predicted octanol–water partition coefficient (Wildman–Crippen LogP) is 4.99. The van der Waals surface area contributed by atoms with Gasteiger partial charge in [0, 0.05) is 24.7 Å². The van der Waals surface area contributed by atoms with Gasteiger partial charge in [-0.15, -0.1) is 0 Å². The number of allylic oxidation sites excluding steroid dienone is 2. The number of aliphatic hydroxyl groups is 1. The highest BCUT2D eigenvalue weighted by Gasteiger charge is 2.44. The van der Waals surface area contributed by atoms with E-state index in [1.54, 1.807) is 0 Å². The Morgan fingerprint density at radius 2 is 1.94 bits per heavy atom. The minimum atomic E-state index is -4.47. The fraction of sp³-hybridized carbons (Fsp3) is 0.400. The number of piperidine rings is 1. The molecule has 1 aliphatic carbocycles. The van der Waals surface area contributed by atoms with E-state index in [1.165, 1.54) is 19.1 Å². The molecule has 170 valence electrons. The number of halogens is 3. The minimum absolute atomic E-state index is 0.0137. The molecule has 0 aromatic heterocycles. The van der Waals surface area contributed by atoms with Crippen molar-refractivity contribution >= 4 is 11.6 Å². The molecule has 32 heavy (non-hydrogen) atoms. The summed E-state index contributed by atoms with van der Waals surface area (Å²) in [4.78, 5) is 15.2. The van der Waals surface area contributed by atoms with Crippen LogP contribution in [-0.2, 0) is 17.5 Å². The van der Waals surface area contributed by atoms with Crippen LogP contribution in [0.25, 0.3) is 0 Å². The van der Waals surface area contributed by atoms with Gasteiger partial charge in [0.1, 0.15) is 6.23 Å². The third kappa shape index (κ3) is 4.67. The maximum Gasteiger partial charge on any atom is 0.416 e. The van der Waals surface area contributed by atoms with Crippen LogP contribution in [0.5, 0.6) is 0 Å². The van der Waals surface area contributed by atoms with Crippen molar-refractivity contribution in [3.63, 3.8) is 0 Å². The number of aliphatic hydroxyl groups excluding tert-OH is 1. The van der Waals surface area contributed by atoms with Crippen LogP contribution in [0.4, 0.5) is 18.9 Å². The lowest BCUT2D eigenvalue weighted by Crippen LogP contribution is -2.51. The maximum atomic E-state index is 13.4. The lowest BCUT2D eigenvalue weighted by Gasteiger charge is -2.43. The van der Waals surface area contributed by atoms with Gasteiger partial charge < -0.3 is 15.3 Å². The zero-order valence-corrected chi connectivity index (χ0v) is 17.8. The second-order valence-corrected chi connectivity index (χ2v) is 8.67. The first kappa shape index (κ1) is 22.4. The topological polar surface area (TPSA) is 52.6 Å². The van der Waals surface area contributed by atoms with E-state index < -0.39 is 29.8 Å². The number of nitrogens with one attached hydrogen (secondary N) is 1. The number of hydrogen-bond donors (Lipinski definition) is 2. The Kier molecular flexibility index (Phi) is 6.29. The number of aryl methyl sites for hydroxylation is 1. The van der Waals surface area contributed by atoms with Gasteiger partial charge in [-0.25, -0.2) is 0 Å². The monoisotopic (exact) mass is 444 g/mol. The molecule has 2 aromatic carbocycles. The summed E-state index contributed by atoms with van der Waals surface area (Å²) < 4.78 is 39.8. The standard InChI is InChI=1S/C25H27F3N2O2/c1-16-10-11-19(14-21(16)25(26,27)28)29-23(31)20-9-5-8-18-12-13-30(24(32)22(18)20)15-17-6-3-2-4-7-17/h2-8,10-11,14,18,20,22-23,29,31H,9,12-13,15H2,1H3. The average molecular weight is 444 g/mol. The first-order valence-corrected chi connectivity index (χ1v) is 10.9. The molecule has 0 radical (unpaired) electrons. The quantitative estimate of drug-likeness (QED) is 0.505. The highest BCUT2D eigenvalue weighted by molar-refractivity contribution is 5.81. The van der Waals surface area contributed by atoms with E-state index in [2.05, 4.69) is 5.32 Å². The van der Waals surface area contributed by atoms with Crippen molar-refractivity contribution in [2.75, 3.05) is 11.9 Å². The summed E-state index contributed by atoms with van der Waals surface area (Å²) >= 11 is 0. The zero-order chi connectivity index (χ0) is 22.9. The lowest BCUT2D eigenvalue weighted by atomic mass is 9.71. The molecule has 2 aliphatic rings. The van der Waals surface area contributed by atoms with E-state index in [0.29, 0.717) is 19.5 Å². The molecule has 2 N–H and O–H groups in total. The molecular formula is C25H27F3N2O2. The fourth-order valence-corrected chi connectivity index (χ4v) is 4.84. The molecule has 1 aliphatic heterocycles. The number of nitrogens with zero attached hydrogens (tertiary/aromatic N) is 1. The third-order valence-corrected chi connectivity index (χ3v) is 6.52. The van der Waals surface area contributed by atoms with Crippen LogP contribution >= 0.6 is 0 Å². The summed E-state index contributed by atoms with van der Waals surface area (Å²) in [6.45, 7) is 2.56. The number of anilines is 1. The molecule has 0 bridgehead atoms. The number of hydrogen-bond acceptors (Lipinski definition) is 3. The lowest BCUT2D eigenvalue weighted by molar-refractivity contribution is -0.146. The first-order valence-electron chi connectivity index (χ1n) is 10.9. The van der Waals surface area contributed by atoms with Crippen LogP contribution in [0, 0.1) is 24.7 Å². The van der Waals surface area contributed by atoms with Gasteiger partial charge in [0.2, 0.25) is 5.91 Å². The van der Waals surface area contributed by atoms with E-state index in [4.69, 9.17) is 0 Å². The Morgan fingerprint density at radius 3 is 2.66 bits per heavy atom. The molecule has 7 heteroatoms. The SMILES string of the molecule is Cc1ccc(NC(O)C2CC=CC3CCN(Cc4ccccc4)C(=O)C32)cc1C(F)(F)F. The van der Waals surface area contributed by atoms with Gasteiger partial charge in [-0.2, -0.15) is 13.2 Å². The first-order chi connectivity index (χ1) is 15.2. The molecule has 4 unspecified atom stereocenters. The van der Waals surface area contributed by atoms with Crippen LogP contribution in [0.2, 0.25) is 0 Å². The molecule has 4 nitrogen and oxygen atoms in total. The van der Waals surface area contributed by atoms with Crippen molar-refractivity contribution in [1.82, 2.24) is 4.90 Å². The Labute approximate surface area is 185 Å². The third-order valence-electron chi connectivity index (χ3n) is 6.52. The van der Waals surface area contributed by atoms with Gasteiger partial charge in [0.15, 0.2) is 0 Å². The molecule has 1 amide bonds. The van der Waals surface area contributed by atoms with Crippen LogP contribution < -0.4 is 5.32 Å². The highest BCUT2D eigenvalue weighted by Crippen LogP contribution is 2.40. The van der Waals surface area contributed by atoms with E-state index >= 15 is 0 Å². The molecule has 0 spiro atoms. The summed E-state index contributed by atoms with van der Waals surface area (Å²) in [6, 6.07) is 13.7. The zero-order valence-electron chi connectivity index (χ0n) is 17.8. The number of fused-ring (bicyclic) bond motifs is 1. The van der Waals surface area contributed by atoms with Crippen molar-refractivity contribution < 1.29 is 23.1 Å². The summed E-state index contributed by atoms with van der Waals surface area (Å²) in [5.74, 6) is -0.826. The number of benzene rings is 2. The van der Waals surface area contributed by atoms with Gasteiger partial charge in [0.25, 0.3) is 0 Å². The molecular weight excluding hydrogens is 417 g/mol. The molecule has 1 saturated heterocycles. The van der Waals surface area contributed by atoms with Gasteiger partial charge in [0.05, 0.1) is 11.5 Å². The van der Waals surface area contributed by atoms with E-state index in [0.717, 1.165) is 18.1 Å². The van der Waals surface area contributed by atoms with Crippen LogP contribution in [0.3, 0.4) is 0 Å². The summed E-state index contributed by atoms with van der Waals surface area (Å²) in [6.07, 6.45) is -0.323. The Morgan fingerprint density at radius 1 is 1.19 bits per heavy atom. The molecule has 1 heterocycles. The predicted molar refractivity (Wildman–Crippen MR) is 117 cm³/mol. The van der Waals surface area contributed by atoms with Crippen LogP contribution in [0.15, 0.2) is 60.7 Å². The summed E-state index contributed by atoms with van der Waals surface area (Å²) in [7, 11) is 0. The molecule has 0 saturated carbocycles. The van der Waals surface area contributed by atoms with Crippen molar-refractivity contribution in [1.29, 1.82) is 0 Å². The van der Waals surface area contributed by atoms with Crippen LogP contribution in [-0.4, -0.2) is 28.7 Å². The molecule has 1 fully saturated rings. The normalized spacial score (nSPS) is 24.2. The second-order valence-electron chi connectivity index (χ2n) is 8.67. The van der Waals surface area contributed by atoms with Gasteiger partial charge in [-0.3, -0.25) is 4.79 Å². The Bertz CT molecular complexity index is 990. The minimum Gasteiger partial charge on any atom is -0.373 e. The van der Waals surface area contributed by atoms with Gasteiger partial charge in [-0.05, 0) is 48.9 Å².